The van der Waals surface area contributed by atoms with E-state index in [1.807, 2.05) is 36.6 Å². The fourth-order valence-electron chi connectivity index (χ4n) is 3.53. The molecule has 0 bridgehead atoms. The highest BCUT2D eigenvalue weighted by molar-refractivity contribution is 5.92. The monoisotopic (exact) mass is 350 g/mol. The van der Waals surface area contributed by atoms with Crippen LogP contribution in [0.4, 0.5) is 0 Å². The van der Waals surface area contributed by atoms with Gasteiger partial charge in [0.1, 0.15) is 11.5 Å². The molecule has 26 heavy (non-hydrogen) atoms. The van der Waals surface area contributed by atoms with Crippen molar-refractivity contribution >= 4 is 5.91 Å². The molecule has 1 saturated heterocycles. The summed E-state index contributed by atoms with van der Waals surface area (Å²) in [6.07, 6.45) is 11.2. The minimum Gasteiger partial charge on any atom is -0.337 e. The molecule has 1 amide bonds. The summed E-state index contributed by atoms with van der Waals surface area (Å²) >= 11 is 0. The van der Waals surface area contributed by atoms with Crippen molar-refractivity contribution in [1.82, 2.24) is 29.2 Å². The number of likely N-dealkylation sites (tertiary alicyclic amines) is 1. The zero-order valence-electron chi connectivity index (χ0n) is 14.8. The van der Waals surface area contributed by atoms with Crippen molar-refractivity contribution in [2.75, 3.05) is 13.1 Å². The molecule has 4 heterocycles. The van der Waals surface area contributed by atoms with E-state index in [4.69, 9.17) is 0 Å². The fourth-order valence-corrected chi connectivity index (χ4v) is 3.53. The van der Waals surface area contributed by atoms with Crippen LogP contribution in [0.1, 0.15) is 40.6 Å². The van der Waals surface area contributed by atoms with Crippen LogP contribution in [0.2, 0.25) is 0 Å². The van der Waals surface area contributed by atoms with E-state index in [1.54, 1.807) is 23.1 Å². The second kappa shape index (κ2) is 7.11. The standard InChI is InChI=1S/C19H22N6O/c1-23-9-6-17(22-23)19(26)24-10-4-16(5-11-24)18-21-8-12-25(18)14-15-3-2-7-20-13-15/h2-3,6-9,12-13,16H,4-5,10-11,14H2,1H3. The van der Waals surface area contributed by atoms with Gasteiger partial charge in [-0.25, -0.2) is 4.98 Å². The average molecular weight is 350 g/mol. The lowest BCUT2D eigenvalue weighted by Gasteiger charge is -2.31. The highest BCUT2D eigenvalue weighted by Gasteiger charge is 2.27. The number of hydrogen-bond acceptors (Lipinski definition) is 4. The Morgan fingerprint density at radius 2 is 2.04 bits per heavy atom. The van der Waals surface area contributed by atoms with Crippen LogP contribution in [0, 0.1) is 0 Å². The van der Waals surface area contributed by atoms with Gasteiger partial charge in [0.05, 0.1) is 6.54 Å². The summed E-state index contributed by atoms with van der Waals surface area (Å²) in [5.74, 6) is 1.48. The van der Waals surface area contributed by atoms with Crippen molar-refractivity contribution in [2.45, 2.75) is 25.3 Å². The maximum atomic E-state index is 12.5. The van der Waals surface area contributed by atoms with Crippen LogP contribution in [-0.2, 0) is 13.6 Å². The van der Waals surface area contributed by atoms with Gasteiger partial charge in [-0.05, 0) is 30.5 Å². The Morgan fingerprint density at radius 1 is 1.19 bits per heavy atom. The topological polar surface area (TPSA) is 68.8 Å². The van der Waals surface area contributed by atoms with Gasteiger partial charge in [-0.1, -0.05) is 6.07 Å². The molecule has 4 rings (SSSR count). The van der Waals surface area contributed by atoms with Gasteiger partial charge in [-0.3, -0.25) is 14.5 Å². The zero-order chi connectivity index (χ0) is 17.9. The lowest BCUT2D eigenvalue weighted by Crippen LogP contribution is -2.38. The Labute approximate surface area is 152 Å². The van der Waals surface area contributed by atoms with Gasteiger partial charge in [0.25, 0.3) is 5.91 Å². The van der Waals surface area contributed by atoms with Crippen LogP contribution in [-0.4, -0.2) is 48.2 Å². The van der Waals surface area contributed by atoms with E-state index in [0.29, 0.717) is 11.6 Å². The van der Waals surface area contributed by atoms with Crippen molar-refractivity contribution in [1.29, 1.82) is 0 Å². The minimum absolute atomic E-state index is 0.0164. The number of nitrogens with zero attached hydrogens (tertiary/aromatic N) is 6. The SMILES string of the molecule is Cn1ccc(C(=O)N2CCC(c3nccn3Cc3cccnc3)CC2)n1. The summed E-state index contributed by atoms with van der Waals surface area (Å²) < 4.78 is 3.85. The van der Waals surface area contributed by atoms with Gasteiger partial charge >= 0.3 is 0 Å². The molecule has 3 aromatic heterocycles. The molecule has 0 N–H and O–H groups in total. The van der Waals surface area contributed by atoms with E-state index in [0.717, 1.165) is 43.9 Å². The van der Waals surface area contributed by atoms with Gasteiger partial charge in [-0.15, -0.1) is 0 Å². The van der Waals surface area contributed by atoms with Gasteiger partial charge < -0.3 is 9.47 Å². The number of aromatic nitrogens is 5. The number of pyridine rings is 1. The molecule has 7 heteroatoms. The first kappa shape index (κ1) is 16.5. The highest BCUT2D eigenvalue weighted by Crippen LogP contribution is 2.28. The lowest BCUT2D eigenvalue weighted by atomic mass is 9.95. The summed E-state index contributed by atoms with van der Waals surface area (Å²) in [4.78, 5) is 23.2. The number of hydrogen-bond donors (Lipinski definition) is 0. The van der Waals surface area contributed by atoms with Crippen LogP contribution in [0.3, 0.4) is 0 Å². The molecular weight excluding hydrogens is 328 g/mol. The first-order valence-corrected chi connectivity index (χ1v) is 8.89. The van der Waals surface area contributed by atoms with Crippen molar-refractivity contribution in [3.05, 3.63) is 66.3 Å². The van der Waals surface area contributed by atoms with Crippen LogP contribution < -0.4 is 0 Å². The normalized spacial score (nSPS) is 15.3. The third kappa shape index (κ3) is 3.37. The van der Waals surface area contributed by atoms with Crippen molar-refractivity contribution in [3.8, 4) is 0 Å². The molecule has 7 nitrogen and oxygen atoms in total. The Kier molecular flexibility index (Phi) is 4.51. The van der Waals surface area contributed by atoms with E-state index in [9.17, 15) is 4.79 Å². The number of rotatable bonds is 4. The van der Waals surface area contributed by atoms with Crippen LogP contribution >= 0.6 is 0 Å². The third-order valence-corrected chi connectivity index (χ3v) is 4.90. The number of carbonyl (C=O) groups is 1. The predicted molar refractivity (Wildman–Crippen MR) is 96.7 cm³/mol. The van der Waals surface area contributed by atoms with E-state index in [2.05, 4.69) is 25.7 Å². The van der Waals surface area contributed by atoms with Crippen LogP contribution in [0.15, 0.2) is 49.2 Å². The summed E-state index contributed by atoms with van der Waals surface area (Å²) in [6, 6.07) is 5.80. The number of carbonyl (C=O) groups excluding carboxylic acids is 1. The van der Waals surface area contributed by atoms with Crippen molar-refractivity contribution < 1.29 is 4.79 Å². The molecule has 0 atom stereocenters. The molecule has 0 saturated carbocycles. The Balaban J connectivity index is 1.41. The number of amides is 1. The summed E-state index contributed by atoms with van der Waals surface area (Å²) in [6.45, 7) is 2.25. The van der Waals surface area contributed by atoms with E-state index >= 15 is 0 Å². The molecular formula is C19H22N6O. The summed E-state index contributed by atoms with van der Waals surface area (Å²) in [5, 5.41) is 4.22. The fraction of sp³-hybridized carbons (Fsp3) is 0.368. The minimum atomic E-state index is 0.0164. The molecule has 0 aliphatic carbocycles. The molecule has 0 aromatic carbocycles. The van der Waals surface area contributed by atoms with Crippen LogP contribution in [0.25, 0.3) is 0 Å². The van der Waals surface area contributed by atoms with Crippen molar-refractivity contribution in [3.63, 3.8) is 0 Å². The summed E-state index contributed by atoms with van der Waals surface area (Å²) in [5.41, 5.74) is 1.68. The molecule has 3 aromatic rings. The van der Waals surface area contributed by atoms with Crippen molar-refractivity contribution in [2.24, 2.45) is 7.05 Å². The number of imidazole rings is 1. The highest BCUT2D eigenvalue weighted by atomic mass is 16.2. The largest absolute Gasteiger partial charge is 0.337 e. The Bertz CT molecular complexity index is 876. The average Bonchev–Trinajstić information content (AvgIpc) is 3.31. The quantitative estimate of drug-likeness (QED) is 0.722. The molecule has 134 valence electrons. The van der Waals surface area contributed by atoms with Gasteiger partial charge in [0.2, 0.25) is 0 Å². The molecule has 1 aliphatic heterocycles. The van der Waals surface area contributed by atoms with E-state index in [-0.39, 0.29) is 5.91 Å². The summed E-state index contributed by atoms with van der Waals surface area (Å²) in [7, 11) is 1.82. The van der Waals surface area contributed by atoms with Gasteiger partial charge in [0, 0.05) is 57.0 Å². The smallest absolute Gasteiger partial charge is 0.274 e. The molecule has 1 aliphatic rings. The van der Waals surface area contributed by atoms with E-state index in [1.165, 1.54) is 0 Å². The zero-order valence-corrected chi connectivity index (χ0v) is 14.8. The predicted octanol–water partition coefficient (Wildman–Crippen LogP) is 2.08. The molecule has 0 spiro atoms. The first-order valence-electron chi connectivity index (χ1n) is 8.89. The number of piperidine rings is 1. The van der Waals surface area contributed by atoms with Gasteiger partial charge in [0.15, 0.2) is 0 Å². The molecule has 1 fully saturated rings. The third-order valence-electron chi connectivity index (χ3n) is 4.90. The lowest BCUT2D eigenvalue weighted by molar-refractivity contribution is 0.0703. The van der Waals surface area contributed by atoms with Gasteiger partial charge in [-0.2, -0.15) is 5.10 Å². The Morgan fingerprint density at radius 3 is 2.73 bits per heavy atom. The Hall–Kier alpha value is -2.96. The van der Waals surface area contributed by atoms with E-state index < -0.39 is 0 Å². The number of aryl methyl sites for hydroxylation is 1. The van der Waals surface area contributed by atoms with Crippen LogP contribution in [0.5, 0.6) is 0 Å². The molecule has 0 unspecified atom stereocenters. The maximum absolute atomic E-state index is 12.5. The second-order valence-electron chi connectivity index (χ2n) is 6.72. The first-order chi connectivity index (χ1) is 12.7. The molecule has 0 radical (unpaired) electrons. The maximum Gasteiger partial charge on any atom is 0.274 e. The second-order valence-corrected chi connectivity index (χ2v) is 6.72.